The quantitative estimate of drug-likeness (QED) is 0.266. The van der Waals surface area contributed by atoms with Crippen LogP contribution in [0.1, 0.15) is 63.5 Å². The van der Waals surface area contributed by atoms with Crippen molar-refractivity contribution in [2.75, 3.05) is 6.61 Å². The number of carbonyl (C=O) groups excluding carboxylic acids is 5. The predicted octanol–water partition coefficient (Wildman–Crippen LogP) is 2.71. The Bertz CT molecular complexity index is 1210. The highest BCUT2D eigenvalue weighted by Crippen LogP contribution is 2.21. The molecule has 4 atom stereocenters. The van der Waals surface area contributed by atoms with Crippen LogP contribution in [0.25, 0.3) is 0 Å². The monoisotopic (exact) mass is 595 g/mol. The molecule has 0 radical (unpaired) electrons. The lowest BCUT2D eigenvalue weighted by molar-refractivity contribution is -0.150. The van der Waals surface area contributed by atoms with Crippen molar-refractivity contribution in [3.05, 3.63) is 71.8 Å². The van der Waals surface area contributed by atoms with Gasteiger partial charge in [-0.2, -0.15) is 0 Å². The average molecular weight is 596 g/mol. The molecular weight excluding hydrogens is 554 g/mol. The Kier molecular flexibility index (Phi) is 13.6. The molecule has 0 unspecified atom stereocenters. The van der Waals surface area contributed by atoms with Gasteiger partial charge in [0.1, 0.15) is 31.9 Å². The number of amides is 3. The number of carbonyl (C=O) groups is 5. The molecule has 2 aromatic carbocycles. The zero-order valence-corrected chi connectivity index (χ0v) is 24.7. The Hall–Kier alpha value is -4.25. The van der Waals surface area contributed by atoms with Crippen LogP contribution >= 0.6 is 0 Å². The molecule has 1 saturated carbocycles. The third-order valence-electron chi connectivity index (χ3n) is 7.00. The standard InChI is InChI=1S/C32H41N3O8/c1-22(33-29(37)21-41-28-16-10-9-15-26(28)34-23(2)36)31(39)35-27(32(40)43-20-25-13-7-4-8-14-25)17-18-30(38)42-19-24-11-5-3-6-12-24/h3-8,11-14,22,26-28H,9-10,15-21H2,1-2H3,(H,33,37)(H,34,36)(H,35,39)/t22-,26+,27+,28+/m0/s1. The van der Waals surface area contributed by atoms with E-state index in [1.807, 2.05) is 48.5 Å². The highest BCUT2D eigenvalue weighted by atomic mass is 16.5. The van der Waals surface area contributed by atoms with E-state index in [0.717, 1.165) is 36.8 Å². The second-order valence-corrected chi connectivity index (χ2v) is 10.6. The number of nitrogens with one attached hydrogen (secondary N) is 3. The van der Waals surface area contributed by atoms with Crippen molar-refractivity contribution in [3.8, 4) is 0 Å². The number of benzene rings is 2. The fraction of sp³-hybridized carbons (Fsp3) is 0.469. The molecule has 11 heteroatoms. The van der Waals surface area contributed by atoms with E-state index in [1.54, 1.807) is 12.1 Å². The van der Waals surface area contributed by atoms with Crippen molar-refractivity contribution >= 4 is 29.7 Å². The van der Waals surface area contributed by atoms with Crippen molar-refractivity contribution in [3.63, 3.8) is 0 Å². The summed E-state index contributed by atoms with van der Waals surface area (Å²) < 4.78 is 16.5. The second-order valence-electron chi connectivity index (χ2n) is 10.6. The average Bonchev–Trinajstić information content (AvgIpc) is 3.01. The van der Waals surface area contributed by atoms with Crippen LogP contribution in [0.3, 0.4) is 0 Å². The first kappa shape index (κ1) is 33.3. The van der Waals surface area contributed by atoms with E-state index in [0.29, 0.717) is 0 Å². The topological polar surface area (TPSA) is 149 Å². The van der Waals surface area contributed by atoms with Crippen molar-refractivity contribution in [1.82, 2.24) is 16.0 Å². The highest BCUT2D eigenvalue weighted by Gasteiger charge is 2.29. The Morgan fingerprint density at radius 2 is 1.44 bits per heavy atom. The van der Waals surface area contributed by atoms with Gasteiger partial charge in [-0.25, -0.2) is 4.79 Å². The molecule has 1 aliphatic rings. The van der Waals surface area contributed by atoms with Gasteiger partial charge < -0.3 is 30.2 Å². The van der Waals surface area contributed by atoms with Crippen LogP contribution in [0.5, 0.6) is 0 Å². The van der Waals surface area contributed by atoms with Gasteiger partial charge in [-0.1, -0.05) is 73.5 Å². The molecule has 11 nitrogen and oxygen atoms in total. The maximum absolute atomic E-state index is 13.0. The fourth-order valence-electron chi connectivity index (χ4n) is 4.70. The third-order valence-corrected chi connectivity index (χ3v) is 7.00. The third kappa shape index (κ3) is 12.3. The van der Waals surface area contributed by atoms with Crippen molar-refractivity contribution in [1.29, 1.82) is 0 Å². The van der Waals surface area contributed by atoms with Crippen molar-refractivity contribution in [2.45, 2.75) is 89.8 Å². The van der Waals surface area contributed by atoms with E-state index in [9.17, 15) is 24.0 Å². The minimum atomic E-state index is -1.14. The van der Waals surface area contributed by atoms with Crippen LogP contribution in [0, 0.1) is 0 Å². The number of esters is 2. The number of hydrogen-bond acceptors (Lipinski definition) is 8. The molecule has 0 spiro atoms. The lowest BCUT2D eigenvalue weighted by Crippen LogP contribution is -2.52. The van der Waals surface area contributed by atoms with Crippen LogP contribution in [0.15, 0.2) is 60.7 Å². The molecule has 43 heavy (non-hydrogen) atoms. The molecule has 3 N–H and O–H groups in total. The molecule has 1 aliphatic carbocycles. The van der Waals surface area contributed by atoms with Crippen LogP contribution in [0.4, 0.5) is 0 Å². The molecule has 232 valence electrons. The molecule has 0 aliphatic heterocycles. The lowest BCUT2D eigenvalue weighted by Gasteiger charge is -2.31. The molecule has 0 aromatic heterocycles. The molecule has 0 heterocycles. The fourth-order valence-corrected chi connectivity index (χ4v) is 4.70. The van der Waals surface area contributed by atoms with Crippen molar-refractivity contribution < 1.29 is 38.2 Å². The van der Waals surface area contributed by atoms with E-state index >= 15 is 0 Å². The summed E-state index contributed by atoms with van der Waals surface area (Å²) in [4.78, 5) is 62.4. The first-order valence-electron chi connectivity index (χ1n) is 14.6. The molecule has 2 aromatic rings. The Morgan fingerprint density at radius 3 is 2.07 bits per heavy atom. The van der Waals surface area contributed by atoms with Crippen LogP contribution < -0.4 is 16.0 Å². The molecule has 0 bridgehead atoms. The summed E-state index contributed by atoms with van der Waals surface area (Å²) in [6, 6.07) is 15.9. The molecule has 0 saturated heterocycles. The summed E-state index contributed by atoms with van der Waals surface area (Å²) in [7, 11) is 0. The van der Waals surface area contributed by atoms with Crippen molar-refractivity contribution in [2.24, 2.45) is 0 Å². The lowest BCUT2D eigenvalue weighted by atomic mass is 9.92. The largest absolute Gasteiger partial charge is 0.461 e. The van der Waals surface area contributed by atoms with Gasteiger partial charge in [-0.15, -0.1) is 0 Å². The van der Waals surface area contributed by atoms with Crippen LogP contribution in [-0.4, -0.2) is 60.5 Å². The smallest absolute Gasteiger partial charge is 0.328 e. The van der Waals surface area contributed by atoms with Gasteiger partial charge >= 0.3 is 11.9 Å². The summed E-state index contributed by atoms with van der Waals surface area (Å²) >= 11 is 0. The maximum Gasteiger partial charge on any atom is 0.328 e. The van der Waals surface area contributed by atoms with Gasteiger partial charge in [-0.05, 0) is 37.3 Å². The highest BCUT2D eigenvalue weighted by molar-refractivity contribution is 5.91. The van der Waals surface area contributed by atoms with E-state index in [2.05, 4.69) is 16.0 Å². The Morgan fingerprint density at radius 1 is 0.837 bits per heavy atom. The van der Waals surface area contributed by atoms with E-state index in [-0.39, 0.29) is 50.7 Å². The van der Waals surface area contributed by atoms with Crippen LogP contribution in [-0.2, 0) is 51.4 Å². The second kappa shape index (κ2) is 17.6. The minimum Gasteiger partial charge on any atom is -0.461 e. The van der Waals surface area contributed by atoms with Gasteiger partial charge in [-0.3, -0.25) is 19.2 Å². The molecular formula is C32H41N3O8. The Balaban J connectivity index is 1.52. The first-order chi connectivity index (χ1) is 20.7. The zero-order chi connectivity index (χ0) is 31.0. The van der Waals surface area contributed by atoms with Gasteiger partial charge in [0.25, 0.3) is 0 Å². The summed E-state index contributed by atoms with van der Waals surface area (Å²) in [5, 5.41) is 8.04. The minimum absolute atomic E-state index is 0.00519. The number of ether oxygens (including phenoxy) is 3. The normalized spacial score (nSPS) is 17.5. The van der Waals surface area contributed by atoms with Gasteiger partial charge in [0.05, 0.1) is 12.1 Å². The van der Waals surface area contributed by atoms with Crippen LogP contribution in [0.2, 0.25) is 0 Å². The summed E-state index contributed by atoms with van der Waals surface area (Å²) in [5.74, 6) is -2.53. The summed E-state index contributed by atoms with van der Waals surface area (Å²) in [6.45, 7) is 2.72. The van der Waals surface area contributed by atoms with Gasteiger partial charge in [0, 0.05) is 13.3 Å². The van der Waals surface area contributed by atoms with Gasteiger partial charge in [0.2, 0.25) is 17.7 Å². The van der Waals surface area contributed by atoms with Gasteiger partial charge in [0.15, 0.2) is 0 Å². The maximum atomic E-state index is 13.0. The van der Waals surface area contributed by atoms with E-state index in [4.69, 9.17) is 14.2 Å². The molecule has 1 fully saturated rings. The SMILES string of the molecule is CC(=O)N[C@@H]1CCCC[C@H]1OCC(=O)N[C@@H](C)C(=O)N[C@H](CCC(=O)OCc1ccccc1)C(=O)OCc1ccccc1. The van der Waals surface area contributed by atoms with E-state index in [1.165, 1.54) is 13.8 Å². The summed E-state index contributed by atoms with van der Waals surface area (Å²) in [6.07, 6.45) is 2.91. The summed E-state index contributed by atoms with van der Waals surface area (Å²) in [5.41, 5.74) is 1.59. The predicted molar refractivity (Wildman–Crippen MR) is 157 cm³/mol. The first-order valence-corrected chi connectivity index (χ1v) is 14.6. The molecule has 3 amide bonds. The zero-order valence-electron chi connectivity index (χ0n) is 24.7. The number of rotatable bonds is 15. The number of hydrogen-bond donors (Lipinski definition) is 3. The molecule has 3 rings (SSSR count). The Labute approximate surface area is 252 Å². The van der Waals surface area contributed by atoms with E-state index < -0.39 is 35.8 Å².